The number of amides is 1. The fourth-order valence-corrected chi connectivity index (χ4v) is 2.79. The zero-order valence-corrected chi connectivity index (χ0v) is 15.2. The van der Waals surface area contributed by atoms with Crippen LogP contribution in [0.3, 0.4) is 0 Å². The lowest BCUT2D eigenvalue weighted by atomic mass is 10.1. The molecule has 0 radical (unpaired) electrons. The van der Waals surface area contributed by atoms with E-state index >= 15 is 0 Å². The molecular formula is C19H22N2O5. The fraction of sp³-hybridized carbons (Fsp3) is 0.368. The van der Waals surface area contributed by atoms with Gasteiger partial charge in [-0.1, -0.05) is 6.92 Å². The second-order valence-electron chi connectivity index (χ2n) is 6.17. The van der Waals surface area contributed by atoms with Gasteiger partial charge in [0.05, 0.1) is 27.5 Å². The molecular weight excluding hydrogens is 336 g/mol. The maximum absolute atomic E-state index is 12.3. The Labute approximate surface area is 151 Å². The molecule has 7 nitrogen and oxygen atoms in total. The van der Waals surface area contributed by atoms with Crippen LogP contribution in [-0.4, -0.2) is 33.5 Å². The summed E-state index contributed by atoms with van der Waals surface area (Å²) in [5.74, 6) is 3.57. The van der Waals surface area contributed by atoms with Gasteiger partial charge in [-0.3, -0.25) is 4.79 Å². The van der Waals surface area contributed by atoms with Crippen molar-refractivity contribution in [1.82, 2.24) is 5.43 Å². The van der Waals surface area contributed by atoms with Gasteiger partial charge < -0.3 is 18.6 Å². The van der Waals surface area contributed by atoms with Crippen molar-refractivity contribution in [3.05, 3.63) is 41.3 Å². The fourth-order valence-electron chi connectivity index (χ4n) is 2.79. The topological polar surface area (TPSA) is 82.3 Å². The number of hydrazone groups is 1. The normalized spacial score (nSPS) is 18.6. The first kappa shape index (κ1) is 17.8. The molecule has 0 saturated heterocycles. The summed E-state index contributed by atoms with van der Waals surface area (Å²) in [4.78, 5) is 12.3. The highest BCUT2D eigenvalue weighted by molar-refractivity contribution is 5.96. The zero-order valence-electron chi connectivity index (χ0n) is 15.2. The predicted octanol–water partition coefficient (Wildman–Crippen LogP) is 3.19. The average molecular weight is 358 g/mol. The number of hydrogen-bond acceptors (Lipinski definition) is 6. The van der Waals surface area contributed by atoms with Gasteiger partial charge in [-0.2, -0.15) is 5.10 Å². The summed E-state index contributed by atoms with van der Waals surface area (Å²) in [6, 6.07) is 6.92. The molecule has 1 heterocycles. The van der Waals surface area contributed by atoms with Crippen LogP contribution in [0.15, 0.2) is 33.8 Å². The molecule has 1 aliphatic carbocycles. The Bertz CT molecular complexity index is 802. The lowest BCUT2D eigenvalue weighted by Gasteiger charge is -2.13. The number of benzene rings is 1. The molecule has 0 bridgehead atoms. The third-order valence-corrected chi connectivity index (χ3v) is 4.41. The number of rotatable bonds is 7. The molecule has 2 aromatic rings. The van der Waals surface area contributed by atoms with E-state index in [1.165, 1.54) is 27.5 Å². The van der Waals surface area contributed by atoms with E-state index in [1.807, 2.05) is 12.1 Å². The van der Waals surface area contributed by atoms with Gasteiger partial charge in [0.2, 0.25) is 5.75 Å². The van der Waals surface area contributed by atoms with Gasteiger partial charge in [-0.15, -0.1) is 0 Å². The molecule has 0 aliphatic heterocycles. The third kappa shape index (κ3) is 3.66. The quantitative estimate of drug-likeness (QED) is 0.607. The Morgan fingerprint density at radius 2 is 1.85 bits per heavy atom. The van der Waals surface area contributed by atoms with E-state index in [1.54, 1.807) is 12.1 Å². The van der Waals surface area contributed by atoms with Crippen LogP contribution in [0.25, 0.3) is 0 Å². The number of nitrogens with one attached hydrogen (secondary N) is 1. The van der Waals surface area contributed by atoms with Crippen molar-refractivity contribution < 1.29 is 23.4 Å². The van der Waals surface area contributed by atoms with Crippen LogP contribution >= 0.6 is 0 Å². The molecule has 0 spiro atoms. The first-order valence-corrected chi connectivity index (χ1v) is 8.30. The van der Waals surface area contributed by atoms with Crippen LogP contribution in [0, 0.1) is 5.92 Å². The summed E-state index contributed by atoms with van der Waals surface area (Å²) in [6.45, 7) is 2.19. The summed E-state index contributed by atoms with van der Waals surface area (Å²) in [6.07, 6.45) is 2.63. The van der Waals surface area contributed by atoms with Gasteiger partial charge in [0.15, 0.2) is 11.5 Å². The van der Waals surface area contributed by atoms with Gasteiger partial charge in [0.1, 0.15) is 11.5 Å². The van der Waals surface area contributed by atoms with Crippen LogP contribution in [0.5, 0.6) is 17.2 Å². The van der Waals surface area contributed by atoms with Gasteiger partial charge in [0.25, 0.3) is 5.91 Å². The highest BCUT2D eigenvalue weighted by Gasteiger charge is 2.36. The first-order valence-electron chi connectivity index (χ1n) is 8.30. The monoisotopic (exact) mass is 358 g/mol. The largest absolute Gasteiger partial charge is 0.493 e. The van der Waals surface area contributed by atoms with Crippen LogP contribution in [0.4, 0.5) is 0 Å². The summed E-state index contributed by atoms with van der Waals surface area (Å²) >= 11 is 0. The molecule has 138 valence electrons. The van der Waals surface area contributed by atoms with Crippen LogP contribution in [-0.2, 0) is 0 Å². The smallest absolute Gasteiger partial charge is 0.271 e. The molecule has 1 amide bonds. The molecule has 1 aromatic heterocycles. The third-order valence-electron chi connectivity index (χ3n) is 4.41. The summed E-state index contributed by atoms with van der Waals surface area (Å²) < 4.78 is 21.4. The number of hydrogen-bond donors (Lipinski definition) is 1. The predicted molar refractivity (Wildman–Crippen MR) is 96.4 cm³/mol. The summed E-state index contributed by atoms with van der Waals surface area (Å²) in [5.41, 5.74) is 2.81. The highest BCUT2D eigenvalue weighted by Crippen LogP contribution is 2.47. The van der Waals surface area contributed by atoms with Gasteiger partial charge in [-0.05, 0) is 36.6 Å². The van der Waals surface area contributed by atoms with Crippen molar-refractivity contribution >= 4 is 12.1 Å². The van der Waals surface area contributed by atoms with Crippen LogP contribution < -0.4 is 19.6 Å². The van der Waals surface area contributed by atoms with E-state index in [2.05, 4.69) is 17.5 Å². The maximum Gasteiger partial charge on any atom is 0.271 e. The number of methoxy groups -OCH3 is 3. The van der Waals surface area contributed by atoms with E-state index in [-0.39, 0.29) is 0 Å². The van der Waals surface area contributed by atoms with Crippen molar-refractivity contribution in [2.45, 2.75) is 19.3 Å². The van der Waals surface area contributed by atoms with Gasteiger partial charge in [0, 0.05) is 11.5 Å². The molecule has 0 unspecified atom stereocenters. The van der Waals surface area contributed by atoms with E-state index in [0.29, 0.717) is 40.4 Å². The lowest BCUT2D eigenvalue weighted by molar-refractivity contribution is 0.0954. The van der Waals surface area contributed by atoms with Crippen molar-refractivity contribution in [2.24, 2.45) is 11.0 Å². The molecule has 2 atom stereocenters. The van der Waals surface area contributed by atoms with Crippen LogP contribution in [0.2, 0.25) is 0 Å². The zero-order chi connectivity index (χ0) is 18.7. The maximum atomic E-state index is 12.3. The van der Waals surface area contributed by atoms with Crippen molar-refractivity contribution in [3.8, 4) is 17.2 Å². The highest BCUT2D eigenvalue weighted by atomic mass is 16.5. The van der Waals surface area contributed by atoms with Crippen molar-refractivity contribution in [1.29, 1.82) is 0 Å². The lowest BCUT2D eigenvalue weighted by Crippen LogP contribution is -2.18. The Morgan fingerprint density at radius 3 is 2.38 bits per heavy atom. The second kappa shape index (κ2) is 7.51. The molecule has 3 rings (SSSR count). The molecule has 1 aromatic carbocycles. The number of nitrogens with zero attached hydrogens (tertiary/aromatic N) is 1. The number of ether oxygens (including phenoxy) is 3. The molecule has 1 saturated carbocycles. The molecule has 7 heteroatoms. The summed E-state index contributed by atoms with van der Waals surface area (Å²) in [5, 5.41) is 3.95. The van der Waals surface area contributed by atoms with Gasteiger partial charge >= 0.3 is 0 Å². The average Bonchev–Trinajstić information content (AvgIpc) is 3.20. The number of carbonyl (C=O) groups excluding carboxylic acids is 1. The van der Waals surface area contributed by atoms with Gasteiger partial charge in [-0.25, -0.2) is 5.43 Å². The minimum Gasteiger partial charge on any atom is -0.493 e. The van der Waals surface area contributed by atoms with E-state index in [0.717, 1.165) is 12.2 Å². The minimum atomic E-state index is -0.400. The van der Waals surface area contributed by atoms with Crippen molar-refractivity contribution in [3.63, 3.8) is 0 Å². The minimum absolute atomic E-state index is 0.337. The Morgan fingerprint density at radius 1 is 1.19 bits per heavy atom. The standard InChI is InChI=1S/C19H22N2O5/c1-11-7-14(11)15-6-5-13(26-15)10-20-21-19(22)12-8-16(23-2)18(25-4)17(9-12)24-3/h5-6,8-11,14H,7H2,1-4H3,(H,21,22)/b20-10-/t11-,14+/m1/s1. The molecule has 26 heavy (non-hydrogen) atoms. The molecule has 1 aliphatic rings. The molecule has 1 N–H and O–H groups in total. The van der Waals surface area contributed by atoms with E-state index in [4.69, 9.17) is 18.6 Å². The number of carbonyl (C=O) groups is 1. The summed E-state index contributed by atoms with van der Waals surface area (Å²) in [7, 11) is 4.49. The number of furan rings is 1. The Balaban J connectivity index is 1.68. The Hall–Kier alpha value is -2.96. The first-order chi connectivity index (χ1) is 12.6. The van der Waals surface area contributed by atoms with E-state index < -0.39 is 5.91 Å². The molecule has 1 fully saturated rings. The SMILES string of the molecule is COc1cc(C(=O)N/N=C\c2ccc([C@H]3C[C@H]3C)o2)cc(OC)c1OC. The van der Waals surface area contributed by atoms with E-state index in [9.17, 15) is 4.79 Å². The van der Waals surface area contributed by atoms with Crippen molar-refractivity contribution in [2.75, 3.05) is 21.3 Å². The second-order valence-corrected chi connectivity index (χ2v) is 6.17. The Kier molecular flexibility index (Phi) is 5.16. The van der Waals surface area contributed by atoms with Crippen LogP contribution in [0.1, 0.15) is 41.1 Å².